The minimum atomic E-state index is -1.59. The Kier molecular flexibility index (Phi) is 3.23. The molecule has 3 aromatic rings. The first-order valence-corrected chi connectivity index (χ1v) is 7.52. The first-order chi connectivity index (χ1) is 11.1. The number of rotatable bonds is 1. The van der Waals surface area contributed by atoms with E-state index >= 15 is 0 Å². The molecule has 0 amide bonds. The van der Waals surface area contributed by atoms with Crippen molar-refractivity contribution < 1.29 is 4.39 Å². The van der Waals surface area contributed by atoms with Gasteiger partial charge in [0.25, 0.3) is 6.30 Å². The number of benzene rings is 2. The maximum atomic E-state index is 14.7. The number of hydrogen-bond acceptors (Lipinski definition) is 3. The summed E-state index contributed by atoms with van der Waals surface area (Å²) in [5, 5.41) is 8.49. The highest BCUT2D eigenvalue weighted by molar-refractivity contribution is 6.31. The quantitative estimate of drug-likeness (QED) is 0.633. The Morgan fingerprint density at radius 3 is 2.65 bits per heavy atom. The molecule has 1 aromatic heterocycles. The zero-order chi connectivity index (χ0) is 16.0. The monoisotopic (exact) mass is 326 g/mol. The summed E-state index contributed by atoms with van der Waals surface area (Å²) in [5.74, 6) is 0.785. The van der Waals surface area contributed by atoms with Gasteiger partial charge in [0, 0.05) is 16.1 Å². The van der Waals surface area contributed by atoms with Crippen LogP contribution in [0.15, 0.2) is 53.5 Å². The molecule has 114 valence electrons. The molecule has 4 nitrogen and oxygen atoms in total. The Labute approximate surface area is 137 Å². The zero-order valence-corrected chi connectivity index (χ0v) is 13.0. The Hall–Kier alpha value is -2.53. The van der Waals surface area contributed by atoms with E-state index in [4.69, 9.17) is 11.6 Å². The number of nitrogens with zero attached hydrogens (tertiary/aromatic N) is 4. The highest BCUT2D eigenvalue weighted by Crippen LogP contribution is 2.32. The molecule has 0 aliphatic carbocycles. The van der Waals surface area contributed by atoms with Gasteiger partial charge in [0.05, 0.1) is 11.4 Å². The number of halogens is 2. The van der Waals surface area contributed by atoms with Crippen LogP contribution in [0.2, 0.25) is 5.02 Å². The van der Waals surface area contributed by atoms with E-state index in [2.05, 4.69) is 15.2 Å². The topological polar surface area (TPSA) is 43.1 Å². The van der Waals surface area contributed by atoms with Gasteiger partial charge in [0.1, 0.15) is 5.82 Å². The van der Waals surface area contributed by atoms with Crippen molar-refractivity contribution >= 4 is 17.3 Å². The van der Waals surface area contributed by atoms with Gasteiger partial charge in [-0.3, -0.25) is 4.57 Å². The molecular formula is C17H12ClFN4. The Morgan fingerprint density at radius 1 is 1.09 bits per heavy atom. The molecule has 1 atom stereocenters. The van der Waals surface area contributed by atoms with Crippen molar-refractivity contribution in [3.63, 3.8) is 0 Å². The lowest BCUT2D eigenvalue weighted by atomic mass is 10.0. The highest BCUT2D eigenvalue weighted by atomic mass is 35.5. The van der Waals surface area contributed by atoms with Crippen molar-refractivity contribution in [2.45, 2.75) is 13.2 Å². The van der Waals surface area contributed by atoms with Gasteiger partial charge in [-0.2, -0.15) is 0 Å². The van der Waals surface area contributed by atoms with Crippen molar-refractivity contribution in [2.75, 3.05) is 0 Å². The molecule has 2 heterocycles. The lowest BCUT2D eigenvalue weighted by molar-refractivity contribution is 0.338. The maximum Gasteiger partial charge on any atom is 0.250 e. The lowest BCUT2D eigenvalue weighted by Crippen LogP contribution is -2.08. The molecule has 0 bridgehead atoms. The number of aromatic nitrogens is 3. The number of aliphatic imine (C=N–C) groups is 1. The van der Waals surface area contributed by atoms with Crippen LogP contribution in [-0.2, 0) is 0 Å². The summed E-state index contributed by atoms with van der Waals surface area (Å²) < 4.78 is 16.4. The fraction of sp³-hybridized carbons (Fsp3) is 0.118. The van der Waals surface area contributed by atoms with E-state index in [0.29, 0.717) is 16.6 Å². The van der Waals surface area contributed by atoms with Gasteiger partial charge in [-0.25, -0.2) is 9.38 Å². The van der Waals surface area contributed by atoms with Crippen LogP contribution in [-0.4, -0.2) is 20.5 Å². The molecule has 1 aliphatic heterocycles. The zero-order valence-electron chi connectivity index (χ0n) is 12.2. The van der Waals surface area contributed by atoms with Crippen LogP contribution < -0.4 is 0 Å². The number of alkyl halides is 1. The van der Waals surface area contributed by atoms with Gasteiger partial charge in [0.15, 0.2) is 5.82 Å². The average molecular weight is 327 g/mol. The van der Waals surface area contributed by atoms with Crippen LogP contribution in [0.1, 0.15) is 29.1 Å². The fourth-order valence-corrected chi connectivity index (χ4v) is 2.96. The molecule has 1 unspecified atom stereocenters. The van der Waals surface area contributed by atoms with Crippen LogP contribution in [0, 0.1) is 6.92 Å². The van der Waals surface area contributed by atoms with Gasteiger partial charge in [-0.1, -0.05) is 41.9 Å². The Bertz CT molecular complexity index is 918. The van der Waals surface area contributed by atoms with Gasteiger partial charge in [-0.05, 0) is 25.1 Å². The molecule has 0 saturated carbocycles. The molecule has 0 N–H and O–H groups in total. The van der Waals surface area contributed by atoms with Crippen LogP contribution in [0.25, 0.3) is 5.69 Å². The second kappa shape index (κ2) is 5.28. The van der Waals surface area contributed by atoms with E-state index in [1.165, 1.54) is 0 Å². The van der Waals surface area contributed by atoms with Gasteiger partial charge >= 0.3 is 0 Å². The van der Waals surface area contributed by atoms with Crippen molar-refractivity contribution in [3.05, 3.63) is 76.3 Å². The van der Waals surface area contributed by atoms with Crippen molar-refractivity contribution in [3.8, 4) is 5.69 Å². The smallest absolute Gasteiger partial charge is 0.250 e. The molecule has 0 radical (unpaired) electrons. The van der Waals surface area contributed by atoms with E-state index in [-0.39, 0.29) is 5.82 Å². The Balaban J connectivity index is 2.06. The SMILES string of the molecule is Cc1nnc2n1-c1ccc(Cl)cc1C(c1ccccc1)=NC2F. The number of fused-ring (bicyclic) bond motifs is 3. The second-order valence-electron chi connectivity index (χ2n) is 5.28. The molecule has 0 fully saturated rings. The summed E-state index contributed by atoms with van der Waals surface area (Å²) in [7, 11) is 0. The third-order valence-corrected chi connectivity index (χ3v) is 4.04. The minimum absolute atomic E-state index is 0.178. The molecule has 0 spiro atoms. The number of aryl methyl sites for hydroxylation is 1. The summed E-state index contributed by atoms with van der Waals surface area (Å²) in [6, 6.07) is 14.9. The van der Waals surface area contributed by atoms with Crippen molar-refractivity contribution in [1.82, 2.24) is 14.8 Å². The van der Waals surface area contributed by atoms with Crippen LogP contribution in [0.3, 0.4) is 0 Å². The molecular weight excluding hydrogens is 315 g/mol. The first-order valence-electron chi connectivity index (χ1n) is 7.14. The number of hydrogen-bond donors (Lipinski definition) is 0. The van der Waals surface area contributed by atoms with Crippen LogP contribution in [0.5, 0.6) is 0 Å². The summed E-state index contributed by atoms with van der Waals surface area (Å²) >= 11 is 6.17. The predicted octanol–water partition coefficient (Wildman–Crippen LogP) is 4.05. The summed E-state index contributed by atoms with van der Waals surface area (Å²) in [5.41, 5.74) is 2.91. The summed E-state index contributed by atoms with van der Waals surface area (Å²) in [6.07, 6.45) is -1.59. The molecule has 4 rings (SSSR count). The molecule has 23 heavy (non-hydrogen) atoms. The van der Waals surface area contributed by atoms with Gasteiger partial charge < -0.3 is 0 Å². The van der Waals surface area contributed by atoms with Gasteiger partial charge in [0.2, 0.25) is 0 Å². The molecule has 1 aliphatic rings. The molecule has 6 heteroatoms. The highest BCUT2D eigenvalue weighted by Gasteiger charge is 2.27. The van der Waals surface area contributed by atoms with E-state index in [1.807, 2.05) is 36.4 Å². The van der Waals surface area contributed by atoms with E-state index in [9.17, 15) is 4.39 Å². The van der Waals surface area contributed by atoms with E-state index < -0.39 is 6.30 Å². The van der Waals surface area contributed by atoms with Crippen molar-refractivity contribution in [1.29, 1.82) is 0 Å². The second-order valence-corrected chi connectivity index (χ2v) is 5.72. The summed E-state index contributed by atoms with van der Waals surface area (Å²) in [4.78, 5) is 4.25. The third-order valence-electron chi connectivity index (χ3n) is 3.81. The van der Waals surface area contributed by atoms with Crippen LogP contribution >= 0.6 is 11.6 Å². The van der Waals surface area contributed by atoms with Crippen molar-refractivity contribution in [2.24, 2.45) is 4.99 Å². The largest absolute Gasteiger partial charge is 0.278 e. The maximum absolute atomic E-state index is 14.7. The first kappa shape index (κ1) is 14.1. The molecule has 0 saturated heterocycles. The third kappa shape index (κ3) is 2.24. The standard InChI is InChI=1S/C17H12ClFN4/c1-10-21-22-17-16(19)20-15(11-5-3-2-4-6-11)13-9-12(18)7-8-14(13)23(10)17/h2-9,16H,1H3. The van der Waals surface area contributed by atoms with E-state index in [0.717, 1.165) is 16.8 Å². The minimum Gasteiger partial charge on any atom is -0.278 e. The lowest BCUT2D eigenvalue weighted by Gasteiger charge is -2.12. The summed E-state index contributed by atoms with van der Waals surface area (Å²) in [6.45, 7) is 1.79. The molecule has 2 aromatic carbocycles. The van der Waals surface area contributed by atoms with Gasteiger partial charge in [-0.15, -0.1) is 10.2 Å². The Morgan fingerprint density at radius 2 is 1.87 bits per heavy atom. The average Bonchev–Trinajstić information content (AvgIpc) is 2.89. The predicted molar refractivity (Wildman–Crippen MR) is 87.0 cm³/mol. The van der Waals surface area contributed by atoms with Crippen LogP contribution in [0.4, 0.5) is 4.39 Å². The normalized spacial score (nSPS) is 16.3. The fourth-order valence-electron chi connectivity index (χ4n) is 2.79. The van der Waals surface area contributed by atoms with E-state index in [1.54, 1.807) is 23.6 Å².